The fraction of sp³-hybridized carbons (Fsp3) is 0.500. The summed E-state index contributed by atoms with van der Waals surface area (Å²) in [4.78, 5) is 15.8. The third-order valence-corrected chi connectivity index (χ3v) is 2.55. The minimum atomic E-state index is -0.0710. The van der Waals surface area contributed by atoms with E-state index in [1.807, 2.05) is 19.9 Å². The Morgan fingerprint density at radius 3 is 2.94 bits per heavy atom. The van der Waals surface area contributed by atoms with Gasteiger partial charge in [0, 0.05) is 24.3 Å². The first-order chi connectivity index (χ1) is 7.63. The van der Waals surface area contributed by atoms with E-state index >= 15 is 0 Å². The smallest absolute Gasteiger partial charge is 0.253 e. The molecule has 0 aliphatic carbocycles. The van der Waals surface area contributed by atoms with Crippen LogP contribution in [0.5, 0.6) is 0 Å². The molecule has 0 saturated carbocycles. The molecule has 1 aromatic heterocycles. The Balaban J connectivity index is 2.52. The Bertz CT molecular complexity index is 355. The molecule has 3 nitrogen and oxygen atoms in total. The van der Waals surface area contributed by atoms with Gasteiger partial charge < -0.3 is 5.32 Å². The van der Waals surface area contributed by atoms with Crippen molar-refractivity contribution in [1.29, 1.82) is 0 Å². The number of carbonyl (C=O) groups is 1. The number of hydrogen-bond donors (Lipinski definition) is 1. The SMILES string of the molecule is Cc1cncc(C(=O)NC(C)CCCCl)c1. The fourth-order valence-electron chi connectivity index (χ4n) is 1.44. The molecule has 1 aromatic rings. The van der Waals surface area contributed by atoms with Gasteiger partial charge in [-0.15, -0.1) is 11.6 Å². The van der Waals surface area contributed by atoms with Crippen LogP contribution >= 0.6 is 11.6 Å². The molecule has 1 amide bonds. The maximum Gasteiger partial charge on any atom is 0.253 e. The number of alkyl halides is 1. The first-order valence-electron chi connectivity index (χ1n) is 5.42. The van der Waals surface area contributed by atoms with Crippen molar-refractivity contribution in [2.45, 2.75) is 32.7 Å². The van der Waals surface area contributed by atoms with Crippen molar-refractivity contribution in [2.24, 2.45) is 0 Å². The van der Waals surface area contributed by atoms with E-state index in [4.69, 9.17) is 11.6 Å². The first kappa shape index (κ1) is 13.0. The number of nitrogens with zero attached hydrogens (tertiary/aromatic N) is 1. The van der Waals surface area contributed by atoms with Gasteiger partial charge in [0.15, 0.2) is 0 Å². The Hall–Kier alpha value is -1.09. The summed E-state index contributed by atoms with van der Waals surface area (Å²) in [7, 11) is 0. The van der Waals surface area contributed by atoms with E-state index in [1.54, 1.807) is 12.4 Å². The molecule has 0 radical (unpaired) electrons. The number of aryl methyl sites for hydroxylation is 1. The van der Waals surface area contributed by atoms with Crippen LogP contribution in [0.3, 0.4) is 0 Å². The Morgan fingerprint density at radius 1 is 1.56 bits per heavy atom. The summed E-state index contributed by atoms with van der Waals surface area (Å²) in [5.41, 5.74) is 1.60. The average Bonchev–Trinajstić information content (AvgIpc) is 2.26. The van der Waals surface area contributed by atoms with Crippen LogP contribution in [0.4, 0.5) is 0 Å². The summed E-state index contributed by atoms with van der Waals surface area (Å²) in [5.74, 6) is 0.560. The average molecular weight is 241 g/mol. The summed E-state index contributed by atoms with van der Waals surface area (Å²) in [5, 5.41) is 2.92. The van der Waals surface area contributed by atoms with Crippen LogP contribution in [0.1, 0.15) is 35.7 Å². The summed E-state index contributed by atoms with van der Waals surface area (Å²) >= 11 is 5.60. The Kier molecular flexibility index (Phi) is 5.26. The monoisotopic (exact) mass is 240 g/mol. The van der Waals surface area contributed by atoms with Gasteiger partial charge in [0.2, 0.25) is 0 Å². The standard InChI is InChI=1S/C12H17ClN2O/c1-9-6-11(8-14-7-9)12(16)15-10(2)4-3-5-13/h6-8,10H,3-5H2,1-2H3,(H,15,16). The second-order valence-electron chi connectivity index (χ2n) is 3.96. The summed E-state index contributed by atoms with van der Waals surface area (Å²) in [6.07, 6.45) is 5.12. The third-order valence-electron chi connectivity index (χ3n) is 2.29. The number of rotatable bonds is 5. The molecule has 0 aromatic carbocycles. The molecule has 0 saturated heterocycles. The summed E-state index contributed by atoms with van der Waals surface area (Å²) in [6.45, 7) is 3.90. The van der Waals surface area contributed by atoms with Crippen LogP contribution in [0, 0.1) is 6.92 Å². The van der Waals surface area contributed by atoms with Gasteiger partial charge in [-0.1, -0.05) is 0 Å². The van der Waals surface area contributed by atoms with E-state index in [0.717, 1.165) is 18.4 Å². The first-order valence-corrected chi connectivity index (χ1v) is 5.95. The highest BCUT2D eigenvalue weighted by atomic mass is 35.5. The predicted molar refractivity (Wildman–Crippen MR) is 65.9 cm³/mol. The number of hydrogen-bond acceptors (Lipinski definition) is 2. The van der Waals surface area contributed by atoms with Crippen molar-refractivity contribution in [1.82, 2.24) is 10.3 Å². The largest absolute Gasteiger partial charge is 0.350 e. The molecule has 1 heterocycles. The highest BCUT2D eigenvalue weighted by molar-refractivity contribution is 6.17. The predicted octanol–water partition coefficient (Wildman–Crippen LogP) is 2.53. The third kappa shape index (κ3) is 4.19. The molecule has 0 spiro atoms. The fourth-order valence-corrected chi connectivity index (χ4v) is 1.60. The molecule has 1 unspecified atom stereocenters. The topological polar surface area (TPSA) is 42.0 Å². The lowest BCUT2D eigenvalue weighted by Crippen LogP contribution is -2.32. The van der Waals surface area contributed by atoms with Gasteiger partial charge in [0.1, 0.15) is 0 Å². The van der Waals surface area contributed by atoms with Crippen LogP contribution < -0.4 is 5.32 Å². The Labute approximate surface area is 101 Å². The van der Waals surface area contributed by atoms with Crippen LogP contribution in [0.15, 0.2) is 18.5 Å². The van der Waals surface area contributed by atoms with Crippen molar-refractivity contribution < 1.29 is 4.79 Å². The van der Waals surface area contributed by atoms with E-state index in [-0.39, 0.29) is 11.9 Å². The summed E-state index contributed by atoms with van der Waals surface area (Å²) < 4.78 is 0. The molecular formula is C12H17ClN2O. The van der Waals surface area contributed by atoms with E-state index in [1.165, 1.54) is 0 Å². The minimum absolute atomic E-state index is 0.0710. The zero-order valence-electron chi connectivity index (χ0n) is 9.66. The number of amides is 1. The van der Waals surface area contributed by atoms with Crippen molar-refractivity contribution in [2.75, 3.05) is 5.88 Å². The van der Waals surface area contributed by atoms with E-state index in [2.05, 4.69) is 10.3 Å². The zero-order chi connectivity index (χ0) is 12.0. The maximum atomic E-state index is 11.8. The van der Waals surface area contributed by atoms with Gasteiger partial charge in [-0.2, -0.15) is 0 Å². The lowest BCUT2D eigenvalue weighted by molar-refractivity contribution is 0.0938. The number of halogens is 1. The lowest BCUT2D eigenvalue weighted by atomic mass is 10.1. The summed E-state index contributed by atoms with van der Waals surface area (Å²) in [6, 6.07) is 1.98. The molecule has 1 N–H and O–H groups in total. The van der Waals surface area contributed by atoms with Crippen molar-refractivity contribution >= 4 is 17.5 Å². The molecule has 1 atom stereocenters. The normalized spacial score (nSPS) is 12.2. The molecule has 0 aliphatic rings. The van der Waals surface area contributed by atoms with E-state index in [0.29, 0.717) is 11.4 Å². The van der Waals surface area contributed by atoms with Gasteiger partial charge in [-0.05, 0) is 38.3 Å². The van der Waals surface area contributed by atoms with E-state index < -0.39 is 0 Å². The quantitative estimate of drug-likeness (QED) is 0.804. The van der Waals surface area contributed by atoms with E-state index in [9.17, 15) is 4.79 Å². The van der Waals surface area contributed by atoms with Gasteiger partial charge in [0.25, 0.3) is 5.91 Å². The van der Waals surface area contributed by atoms with Crippen LogP contribution in [-0.2, 0) is 0 Å². The van der Waals surface area contributed by atoms with Crippen molar-refractivity contribution in [3.8, 4) is 0 Å². The zero-order valence-corrected chi connectivity index (χ0v) is 10.4. The molecule has 88 valence electrons. The van der Waals surface area contributed by atoms with Crippen molar-refractivity contribution in [3.63, 3.8) is 0 Å². The minimum Gasteiger partial charge on any atom is -0.350 e. The van der Waals surface area contributed by atoms with Crippen LogP contribution in [-0.4, -0.2) is 22.8 Å². The molecule has 0 aliphatic heterocycles. The highest BCUT2D eigenvalue weighted by Gasteiger charge is 2.09. The maximum absolute atomic E-state index is 11.8. The molecular weight excluding hydrogens is 224 g/mol. The second-order valence-corrected chi connectivity index (χ2v) is 4.33. The van der Waals surface area contributed by atoms with Gasteiger partial charge >= 0.3 is 0 Å². The number of nitrogens with one attached hydrogen (secondary N) is 1. The molecule has 1 rings (SSSR count). The molecule has 0 fully saturated rings. The second kappa shape index (κ2) is 6.48. The number of carbonyl (C=O) groups excluding carboxylic acids is 1. The highest BCUT2D eigenvalue weighted by Crippen LogP contribution is 2.03. The molecule has 0 bridgehead atoms. The van der Waals surface area contributed by atoms with Crippen LogP contribution in [0.2, 0.25) is 0 Å². The molecule has 16 heavy (non-hydrogen) atoms. The Morgan fingerprint density at radius 2 is 2.31 bits per heavy atom. The van der Waals surface area contributed by atoms with Crippen LogP contribution in [0.25, 0.3) is 0 Å². The van der Waals surface area contributed by atoms with Gasteiger partial charge in [-0.25, -0.2) is 0 Å². The van der Waals surface area contributed by atoms with Gasteiger partial charge in [-0.3, -0.25) is 9.78 Å². The lowest BCUT2D eigenvalue weighted by Gasteiger charge is -2.13. The van der Waals surface area contributed by atoms with Crippen molar-refractivity contribution in [3.05, 3.63) is 29.6 Å². The number of pyridine rings is 1. The molecule has 4 heteroatoms. The number of aromatic nitrogens is 1. The van der Waals surface area contributed by atoms with Gasteiger partial charge in [0.05, 0.1) is 5.56 Å².